The van der Waals surface area contributed by atoms with Gasteiger partial charge in [0.1, 0.15) is 5.75 Å². The van der Waals surface area contributed by atoms with Gasteiger partial charge in [-0.15, -0.1) is 0 Å². The highest BCUT2D eigenvalue weighted by Crippen LogP contribution is 2.32. The van der Waals surface area contributed by atoms with Crippen LogP contribution in [-0.4, -0.2) is 25.6 Å². The predicted octanol–water partition coefficient (Wildman–Crippen LogP) is 3.34. The van der Waals surface area contributed by atoms with Crippen molar-refractivity contribution in [1.29, 1.82) is 5.26 Å². The number of nitrogens with zero attached hydrogens (tertiary/aromatic N) is 2. The van der Waals surface area contributed by atoms with Crippen molar-refractivity contribution in [2.45, 2.75) is 39.2 Å². The molecule has 19 heavy (non-hydrogen) atoms. The first kappa shape index (κ1) is 15.5. The molecule has 0 fully saturated rings. The zero-order chi connectivity index (χ0) is 14.5. The van der Waals surface area contributed by atoms with E-state index in [1.54, 1.807) is 7.11 Å². The highest BCUT2D eigenvalue weighted by Gasteiger charge is 2.19. The lowest BCUT2D eigenvalue weighted by molar-refractivity contribution is 0.334. The molecule has 0 aliphatic carbocycles. The Kier molecular flexibility index (Phi) is 5.38. The SMILES string of the molecule is COc1ccc(CN(C)CCC#N)cc1C(C)(C)C. The van der Waals surface area contributed by atoms with Crippen LogP contribution < -0.4 is 4.74 Å². The molecule has 0 unspecified atom stereocenters. The molecule has 0 bridgehead atoms. The second kappa shape index (κ2) is 6.58. The lowest BCUT2D eigenvalue weighted by Gasteiger charge is -2.24. The Labute approximate surface area is 116 Å². The van der Waals surface area contributed by atoms with Crippen molar-refractivity contribution in [1.82, 2.24) is 4.90 Å². The van der Waals surface area contributed by atoms with Gasteiger partial charge < -0.3 is 9.64 Å². The predicted molar refractivity (Wildman–Crippen MR) is 78.3 cm³/mol. The van der Waals surface area contributed by atoms with Crippen LogP contribution in [0.1, 0.15) is 38.3 Å². The summed E-state index contributed by atoms with van der Waals surface area (Å²) < 4.78 is 5.44. The summed E-state index contributed by atoms with van der Waals surface area (Å²) in [5, 5.41) is 8.61. The van der Waals surface area contributed by atoms with Gasteiger partial charge in [-0.2, -0.15) is 5.26 Å². The van der Waals surface area contributed by atoms with E-state index >= 15 is 0 Å². The van der Waals surface area contributed by atoms with Crippen LogP contribution in [0.3, 0.4) is 0 Å². The van der Waals surface area contributed by atoms with Crippen LogP contribution in [-0.2, 0) is 12.0 Å². The molecule has 3 nitrogen and oxygen atoms in total. The number of benzene rings is 1. The number of hydrogen-bond donors (Lipinski definition) is 0. The number of rotatable bonds is 5. The molecule has 0 aliphatic rings. The van der Waals surface area contributed by atoms with Gasteiger partial charge in [0, 0.05) is 19.5 Å². The van der Waals surface area contributed by atoms with Crippen molar-refractivity contribution < 1.29 is 4.74 Å². The zero-order valence-electron chi connectivity index (χ0n) is 12.7. The second-order valence-corrected chi connectivity index (χ2v) is 5.93. The monoisotopic (exact) mass is 260 g/mol. The molecule has 0 aromatic heterocycles. The van der Waals surface area contributed by atoms with Crippen LogP contribution in [0.2, 0.25) is 0 Å². The Morgan fingerprint density at radius 1 is 1.32 bits per heavy atom. The molecule has 1 rings (SSSR count). The smallest absolute Gasteiger partial charge is 0.122 e. The minimum atomic E-state index is 0.0621. The minimum absolute atomic E-state index is 0.0621. The Hall–Kier alpha value is -1.53. The molecule has 0 saturated carbocycles. The Morgan fingerprint density at radius 3 is 2.53 bits per heavy atom. The first-order chi connectivity index (χ1) is 8.88. The molecule has 0 aliphatic heterocycles. The summed E-state index contributed by atoms with van der Waals surface area (Å²) in [5.74, 6) is 0.941. The van der Waals surface area contributed by atoms with Gasteiger partial charge in [0.05, 0.1) is 13.2 Å². The lowest BCUT2D eigenvalue weighted by atomic mass is 9.85. The van der Waals surface area contributed by atoms with Gasteiger partial charge in [-0.05, 0) is 29.7 Å². The summed E-state index contributed by atoms with van der Waals surface area (Å²) >= 11 is 0. The van der Waals surface area contributed by atoms with Gasteiger partial charge >= 0.3 is 0 Å². The van der Waals surface area contributed by atoms with E-state index in [0.717, 1.165) is 18.8 Å². The lowest BCUT2D eigenvalue weighted by Crippen LogP contribution is -2.20. The van der Waals surface area contributed by atoms with Crippen LogP contribution in [0, 0.1) is 11.3 Å². The van der Waals surface area contributed by atoms with Crippen LogP contribution in [0.4, 0.5) is 0 Å². The second-order valence-electron chi connectivity index (χ2n) is 5.93. The van der Waals surface area contributed by atoms with E-state index in [2.05, 4.69) is 43.9 Å². The maximum Gasteiger partial charge on any atom is 0.122 e. The first-order valence-electron chi connectivity index (χ1n) is 6.61. The maximum absolute atomic E-state index is 8.61. The van der Waals surface area contributed by atoms with Crippen molar-refractivity contribution in [3.63, 3.8) is 0 Å². The van der Waals surface area contributed by atoms with Crippen molar-refractivity contribution >= 4 is 0 Å². The average Bonchev–Trinajstić information content (AvgIpc) is 2.35. The molecule has 104 valence electrons. The van der Waals surface area contributed by atoms with Crippen LogP contribution in [0.25, 0.3) is 0 Å². The van der Waals surface area contributed by atoms with Gasteiger partial charge in [-0.3, -0.25) is 0 Å². The fourth-order valence-electron chi connectivity index (χ4n) is 2.07. The third-order valence-corrected chi connectivity index (χ3v) is 3.13. The molecule has 0 heterocycles. The molecular formula is C16H24N2O. The van der Waals surface area contributed by atoms with Crippen molar-refractivity contribution in [3.05, 3.63) is 29.3 Å². The first-order valence-corrected chi connectivity index (χ1v) is 6.61. The van der Waals surface area contributed by atoms with Gasteiger partial charge in [0.15, 0.2) is 0 Å². The quantitative estimate of drug-likeness (QED) is 0.814. The number of methoxy groups -OCH3 is 1. The maximum atomic E-state index is 8.61. The van der Waals surface area contributed by atoms with Gasteiger partial charge in [0.25, 0.3) is 0 Å². The van der Waals surface area contributed by atoms with Crippen LogP contribution in [0.5, 0.6) is 5.75 Å². The standard InChI is InChI=1S/C16H24N2O/c1-16(2,3)14-11-13(7-8-15(14)19-5)12-18(4)10-6-9-17/h7-8,11H,6,10,12H2,1-5H3. The molecule has 0 N–H and O–H groups in total. The van der Waals surface area contributed by atoms with Gasteiger partial charge in [-0.25, -0.2) is 0 Å². The Bertz CT molecular complexity index is 455. The minimum Gasteiger partial charge on any atom is -0.496 e. The van der Waals surface area contributed by atoms with E-state index < -0.39 is 0 Å². The molecule has 0 radical (unpaired) electrons. The summed E-state index contributed by atoms with van der Waals surface area (Å²) in [4.78, 5) is 2.16. The van der Waals surface area contributed by atoms with Crippen molar-refractivity contribution in [2.24, 2.45) is 0 Å². The summed E-state index contributed by atoms with van der Waals surface area (Å²) in [6.45, 7) is 8.22. The molecule has 0 saturated heterocycles. The van der Waals surface area contributed by atoms with E-state index in [1.807, 2.05) is 13.1 Å². The summed E-state index contributed by atoms with van der Waals surface area (Å²) in [7, 11) is 3.75. The summed E-state index contributed by atoms with van der Waals surface area (Å²) in [6.07, 6.45) is 0.568. The highest BCUT2D eigenvalue weighted by molar-refractivity contribution is 5.41. The zero-order valence-corrected chi connectivity index (χ0v) is 12.7. The summed E-state index contributed by atoms with van der Waals surface area (Å²) in [5.41, 5.74) is 2.54. The van der Waals surface area contributed by atoms with E-state index in [0.29, 0.717) is 6.42 Å². The van der Waals surface area contributed by atoms with Crippen molar-refractivity contribution in [3.8, 4) is 11.8 Å². The number of nitriles is 1. The molecule has 0 spiro atoms. The third-order valence-electron chi connectivity index (χ3n) is 3.13. The molecule has 3 heteroatoms. The average molecular weight is 260 g/mol. The van der Waals surface area contributed by atoms with Gasteiger partial charge in [0.2, 0.25) is 0 Å². The van der Waals surface area contributed by atoms with E-state index in [1.165, 1.54) is 11.1 Å². The van der Waals surface area contributed by atoms with Crippen LogP contribution in [0.15, 0.2) is 18.2 Å². The molecule has 1 aromatic rings. The molecular weight excluding hydrogens is 236 g/mol. The molecule has 0 amide bonds. The topological polar surface area (TPSA) is 36.3 Å². The Morgan fingerprint density at radius 2 is 2.00 bits per heavy atom. The largest absolute Gasteiger partial charge is 0.496 e. The fourth-order valence-corrected chi connectivity index (χ4v) is 2.07. The molecule has 0 atom stereocenters. The van der Waals surface area contributed by atoms with E-state index in [9.17, 15) is 0 Å². The molecule has 1 aromatic carbocycles. The third kappa shape index (κ3) is 4.57. The number of ether oxygens (including phenoxy) is 1. The Balaban J connectivity index is 2.90. The summed E-state index contributed by atoms with van der Waals surface area (Å²) in [6, 6.07) is 8.52. The van der Waals surface area contributed by atoms with Crippen molar-refractivity contribution in [2.75, 3.05) is 20.7 Å². The number of hydrogen-bond acceptors (Lipinski definition) is 3. The fraction of sp³-hybridized carbons (Fsp3) is 0.562. The van der Waals surface area contributed by atoms with Crippen LogP contribution >= 0.6 is 0 Å². The van der Waals surface area contributed by atoms with E-state index in [4.69, 9.17) is 10.00 Å². The normalized spacial score (nSPS) is 11.4. The van der Waals surface area contributed by atoms with E-state index in [-0.39, 0.29) is 5.41 Å². The van der Waals surface area contributed by atoms with Gasteiger partial charge in [-0.1, -0.05) is 32.9 Å². The highest BCUT2D eigenvalue weighted by atomic mass is 16.5.